The van der Waals surface area contributed by atoms with E-state index in [9.17, 15) is 21.6 Å². The van der Waals surface area contributed by atoms with Gasteiger partial charge in [0, 0.05) is 13.1 Å². The van der Waals surface area contributed by atoms with Crippen LogP contribution in [0.1, 0.15) is 12.5 Å². The van der Waals surface area contributed by atoms with E-state index in [1.807, 2.05) is 31.2 Å². The van der Waals surface area contributed by atoms with E-state index in [-0.39, 0.29) is 36.3 Å². The number of morpholine rings is 1. The smallest absolute Gasteiger partial charge is 0.243 e. The van der Waals surface area contributed by atoms with E-state index in [2.05, 4.69) is 5.32 Å². The summed E-state index contributed by atoms with van der Waals surface area (Å²) in [5.41, 5.74) is 1.29. The second-order valence-electron chi connectivity index (χ2n) is 8.37. The predicted molar refractivity (Wildman–Crippen MR) is 132 cm³/mol. The normalized spacial score (nSPS) is 15.9. The molecule has 2 aromatic carbocycles. The highest BCUT2D eigenvalue weighted by molar-refractivity contribution is 7.92. The Labute approximate surface area is 206 Å². The highest BCUT2D eigenvalue weighted by atomic mass is 32.2. The molecule has 3 rings (SSSR count). The summed E-state index contributed by atoms with van der Waals surface area (Å²) in [6, 6.07) is 12.6. The average molecular weight is 526 g/mol. The van der Waals surface area contributed by atoms with Crippen LogP contribution in [0.25, 0.3) is 0 Å². The van der Waals surface area contributed by atoms with Crippen molar-refractivity contribution in [2.45, 2.75) is 24.8 Å². The number of sulfonamides is 2. The van der Waals surface area contributed by atoms with Crippen molar-refractivity contribution in [3.05, 3.63) is 54.1 Å². The number of hydrogen-bond acceptors (Lipinski definition) is 7. The summed E-state index contributed by atoms with van der Waals surface area (Å²) in [6.07, 6.45) is 0.989. The Morgan fingerprint density at radius 2 is 1.66 bits per heavy atom. The highest BCUT2D eigenvalue weighted by Gasteiger charge is 2.27. The van der Waals surface area contributed by atoms with Gasteiger partial charge in [-0.25, -0.2) is 16.8 Å². The van der Waals surface area contributed by atoms with Crippen molar-refractivity contribution in [2.75, 3.05) is 50.0 Å². The summed E-state index contributed by atoms with van der Waals surface area (Å²) in [5, 5.41) is 2.73. The molecule has 0 saturated carbocycles. The SMILES string of the molecule is Cc1ccc(OCC(C)NC(=O)CN(c2ccc(S(=O)(=O)N3CCOCC3)cc2)S(C)(=O)=O)cc1. The largest absolute Gasteiger partial charge is 0.491 e. The van der Waals surface area contributed by atoms with Gasteiger partial charge in [0.05, 0.1) is 36.1 Å². The molecule has 0 aromatic heterocycles. The topological polar surface area (TPSA) is 122 Å². The first-order chi connectivity index (χ1) is 16.5. The molecule has 0 radical (unpaired) electrons. The van der Waals surface area contributed by atoms with Crippen LogP contribution in [-0.2, 0) is 29.6 Å². The summed E-state index contributed by atoms with van der Waals surface area (Å²) in [6.45, 7) is 4.63. The maximum Gasteiger partial charge on any atom is 0.243 e. The third-order valence-electron chi connectivity index (χ3n) is 5.35. The van der Waals surface area contributed by atoms with E-state index in [1.54, 1.807) is 6.92 Å². The molecule has 0 bridgehead atoms. The fraction of sp³-hybridized carbons (Fsp3) is 0.435. The van der Waals surface area contributed by atoms with E-state index < -0.39 is 32.5 Å². The molecule has 1 atom stereocenters. The van der Waals surface area contributed by atoms with E-state index >= 15 is 0 Å². The molecule has 12 heteroatoms. The van der Waals surface area contributed by atoms with Crippen LogP contribution in [0.4, 0.5) is 5.69 Å². The number of carbonyl (C=O) groups excluding carboxylic acids is 1. The van der Waals surface area contributed by atoms with Crippen LogP contribution >= 0.6 is 0 Å². The molecule has 1 saturated heterocycles. The first-order valence-corrected chi connectivity index (χ1v) is 14.4. The van der Waals surface area contributed by atoms with Gasteiger partial charge in [-0.2, -0.15) is 4.31 Å². The van der Waals surface area contributed by atoms with E-state index in [1.165, 1.54) is 28.6 Å². The maximum absolute atomic E-state index is 12.8. The molecular weight excluding hydrogens is 494 g/mol. The third kappa shape index (κ3) is 7.40. The molecule has 1 heterocycles. The van der Waals surface area contributed by atoms with Gasteiger partial charge in [0.2, 0.25) is 26.0 Å². The lowest BCUT2D eigenvalue weighted by Crippen LogP contribution is -2.45. The Morgan fingerprint density at radius 3 is 2.23 bits per heavy atom. The van der Waals surface area contributed by atoms with Gasteiger partial charge < -0.3 is 14.8 Å². The van der Waals surface area contributed by atoms with E-state index in [4.69, 9.17) is 9.47 Å². The Kier molecular flexibility index (Phi) is 8.75. The minimum absolute atomic E-state index is 0.0444. The van der Waals surface area contributed by atoms with Crippen molar-refractivity contribution < 1.29 is 31.1 Å². The van der Waals surface area contributed by atoms with Crippen LogP contribution in [-0.4, -0.2) is 78.8 Å². The van der Waals surface area contributed by atoms with Crippen molar-refractivity contribution in [1.29, 1.82) is 0 Å². The van der Waals surface area contributed by atoms with Crippen molar-refractivity contribution in [2.24, 2.45) is 0 Å². The zero-order valence-electron chi connectivity index (χ0n) is 20.0. The maximum atomic E-state index is 12.8. The number of ether oxygens (including phenoxy) is 2. The Morgan fingerprint density at radius 1 is 1.06 bits per heavy atom. The van der Waals surface area contributed by atoms with Crippen LogP contribution in [0.2, 0.25) is 0 Å². The molecule has 1 amide bonds. The molecule has 0 aliphatic carbocycles. The molecule has 10 nitrogen and oxygen atoms in total. The molecule has 1 unspecified atom stereocenters. The molecule has 192 valence electrons. The van der Waals surface area contributed by atoms with Crippen molar-refractivity contribution >= 4 is 31.6 Å². The summed E-state index contributed by atoms with van der Waals surface area (Å²) < 4.78 is 63.5. The number of benzene rings is 2. The van der Waals surface area contributed by atoms with Crippen LogP contribution in [0, 0.1) is 6.92 Å². The van der Waals surface area contributed by atoms with Gasteiger partial charge in [0.15, 0.2) is 0 Å². The monoisotopic (exact) mass is 525 g/mol. The van der Waals surface area contributed by atoms with Crippen LogP contribution < -0.4 is 14.4 Å². The lowest BCUT2D eigenvalue weighted by atomic mass is 10.2. The Balaban J connectivity index is 1.64. The molecule has 1 fully saturated rings. The fourth-order valence-corrected chi connectivity index (χ4v) is 5.73. The fourth-order valence-electron chi connectivity index (χ4n) is 3.47. The van der Waals surface area contributed by atoms with Crippen LogP contribution in [0.15, 0.2) is 53.4 Å². The van der Waals surface area contributed by atoms with E-state index in [0.29, 0.717) is 19.0 Å². The minimum Gasteiger partial charge on any atom is -0.491 e. The van der Waals surface area contributed by atoms with Gasteiger partial charge in [0.25, 0.3) is 0 Å². The quantitative estimate of drug-likeness (QED) is 0.497. The second-order valence-corrected chi connectivity index (χ2v) is 12.2. The number of rotatable bonds is 10. The lowest BCUT2D eigenvalue weighted by Gasteiger charge is -2.26. The standard InChI is InChI=1S/C23H31N3O7S2/c1-18-4-8-21(9-5-18)33-17-19(2)24-23(27)16-26(34(3,28)29)20-6-10-22(11-7-20)35(30,31)25-12-14-32-15-13-25/h4-11,19H,12-17H2,1-3H3,(H,24,27). The lowest BCUT2D eigenvalue weighted by molar-refractivity contribution is -0.120. The highest BCUT2D eigenvalue weighted by Crippen LogP contribution is 2.23. The summed E-state index contributed by atoms with van der Waals surface area (Å²) >= 11 is 0. The van der Waals surface area contributed by atoms with Crippen molar-refractivity contribution in [1.82, 2.24) is 9.62 Å². The van der Waals surface area contributed by atoms with Crippen molar-refractivity contribution in [3.63, 3.8) is 0 Å². The molecule has 0 spiro atoms. The first kappa shape index (κ1) is 26.9. The first-order valence-electron chi connectivity index (χ1n) is 11.1. The molecule has 35 heavy (non-hydrogen) atoms. The average Bonchev–Trinajstić information content (AvgIpc) is 2.82. The van der Waals surface area contributed by atoms with Crippen LogP contribution in [0.3, 0.4) is 0 Å². The molecular formula is C23H31N3O7S2. The number of hydrogen-bond donors (Lipinski definition) is 1. The number of nitrogens with zero attached hydrogens (tertiary/aromatic N) is 2. The summed E-state index contributed by atoms with van der Waals surface area (Å²) in [5.74, 6) is 0.155. The Bertz CT molecular complexity index is 1210. The summed E-state index contributed by atoms with van der Waals surface area (Å²) in [7, 11) is -7.53. The van der Waals surface area contributed by atoms with Crippen LogP contribution in [0.5, 0.6) is 5.75 Å². The zero-order chi connectivity index (χ0) is 25.6. The van der Waals surface area contributed by atoms with Gasteiger partial charge in [-0.05, 0) is 50.2 Å². The number of carbonyl (C=O) groups is 1. The predicted octanol–water partition coefficient (Wildman–Crippen LogP) is 1.37. The minimum atomic E-state index is -3.81. The van der Waals surface area contributed by atoms with Gasteiger partial charge in [-0.15, -0.1) is 0 Å². The summed E-state index contributed by atoms with van der Waals surface area (Å²) in [4.78, 5) is 12.6. The molecule has 1 aliphatic heterocycles. The van der Waals surface area contributed by atoms with Gasteiger partial charge in [0.1, 0.15) is 18.9 Å². The second kappa shape index (κ2) is 11.4. The number of anilines is 1. The van der Waals surface area contributed by atoms with E-state index in [0.717, 1.165) is 16.1 Å². The Hall–Kier alpha value is -2.67. The van der Waals surface area contributed by atoms with Gasteiger partial charge in [-0.1, -0.05) is 17.7 Å². The third-order valence-corrected chi connectivity index (χ3v) is 8.40. The van der Waals surface area contributed by atoms with Gasteiger partial charge in [-0.3, -0.25) is 9.10 Å². The molecule has 1 N–H and O–H groups in total. The number of aryl methyl sites for hydroxylation is 1. The number of amides is 1. The number of nitrogens with one attached hydrogen (secondary N) is 1. The van der Waals surface area contributed by atoms with Gasteiger partial charge >= 0.3 is 0 Å². The molecule has 1 aliphatic rings. The molecule has 2 aromatic rings. The zero-order valence-corrected chi connectivity index (χ0v) is 21.6. The van der Waals surface area contributed by atoms with Crippen molar-refractivity contribution in [3.8, 4) is 5.75 Å².